The van der Waals surface area contributed by atoms with Crippen molar-refractivity contribution < 1.29 is 28.7 Å². The van der Waals surface area contributed by atoms with Crippen molar-refractivity contribution in [2.45, 2.75) is 6.61 Å². The van der Waals surface area contributed by atoms with Gasteiger partial charge in [-0.05, 0) is 76.1 Å². The number of amides is 4. The van der Waals surface area contributed by atoms with Crippen LogP contribution in [-0.4, -0.2) is 30.9 Å². The van der Waals surface area contributed by atoms with Crippen molar-refractivity contribution in [1.29, 1.82) is 0 Å². The average molecular weight is 649 g/mol. The number of barbiturate groups is 1. The lowest BCUT2D eigenvalue weighted by Gasteiger charge is -2.26. The van der Waals surface area contributed by atoms with Crippen LogP contribution in [-0.2, 0) is 20.9 Å². The van der Waals surface area contributed by atoms with Gasteiger partial charge in [0.2, 0.25) is 0 Å². The normalized spacial score (nSPS) is 14.5. The van der Waals surface area contributed by atoms with Gasteiger partial charge < -0.3 is 9.47 Å². The van der Waals surface area contributed by atoms with E-state index in [0.717, 1.165) is 10.5 Å². The molecular weight excluding hydrogens is 632 g/mol. The summed E-state index contributed by atoms with van der Waals surface area (Å²) in [5, 5.41) is 2.74. The Morgan fingerprint density at radius 3 is 2.46 bits per heavy atom. The Morgan fingerprint density at radius 1 is 1.05 bits per heavy atom. The zero-order valence-corrected chi connectivity index (χ0v) is 23.0. The molecule has 11 heteroatoms. The van der Waals surface area contributed by atoms with Crippen LogP contribution in [0.4, 0.5) is 10.5 Å². The Balaban J connectivity index is 1.69. The molecule has 1 N–H and O–H groups in total. The highest BCUT2D eigenvalue weighted by Crippen LogP contribution is 2.36. The second-order valence-electron chi connectivity index (χ2n) is 7.72. The van der Waals surface area contributed by atoms with Gasteiger partial charge in [0.05, 0.1) is 22.8 Å². The van der Waals surface area contributed by atoms with E-state index < -0.39 is 23.8 Å². The molecule has 0 atom stereocenters. The van der Waals surface area contributed by atoms with Crippen molar-refractivity contribution >= 4 is 79.0 Å². The molecule has 0 radical (unpaired) electrons. The van der Waals surface area contributed by atoms with Gasteiger partial charge in [-0.3, -0.25) is 14.9 Å². The van der Waals surface area contributed by atoms with Gasteiger partial charge in [0.15, 0.2) is 0 Å². The molecule has 1 aliphatic heterocycles. The predicted octanol–water partition coefficient (Wildman–Crippen LogP) is 5.90. The number of methoxy groups -OCH3 is 1. The molecule has 0 unspecified atom stereocenters. The fourth-order valence-corrected chi connectivity index (χ4v) is 5.12. The van der Waals surface area contributed by atoms with Crippen LogP contribution in [0.25, 0.3) is 6.08 Å². The number of nitrogens with zero attached hydrogens (tertiary/aromatic N) is 1. The summed E-state index contributed by atoms with van der Waals surface area (Å²) in [6.45, 7) is 0.175. The highest BCUT2D eigenvalue weighted by atomic mass is 79.9. The van der Waals surface area contributed by atoms with Gasteiger partial charge in [-0.15, -0.1) is 0 Å². The molecule has 8 nitrogen and oxygen atoms in total. The molecule has 0 aliphatic carbocycles. The molecule has 4 amide bonds. The largest absolute Gasteiger partial charge is 0.487 e. The van der Waals surface area contributed by atoms with E-state index in [4.69, 9.17) is 16.3 Å². The number of carbonyl (C=O) groups excluding carboxylic acids is 4. The Hall–Kier alpha value is -3.47. The summed E-state index contributed by atoms with van der Waals surface area (Å²) in [4.78, 5) is 51.1. The second-order valence-corrected chi connectivity index (χ2v) is 9.93. The zero-order valence-electron chi connectivity index (χ0n) is 19.1. The van der Waals surface area contributed by atoms with E-state index >= 15 is 0 Å². The lowest BCUT2D eigenvalue weighted by Crippen LogP contribution is -2.54. The predicted molar refractivity (Wildman–Crippen MR) is 144 cm³/mol. The van der Waals surface area contributed by atoms with Gasteiger partial charge >= 0.3 is 12.0 Å². The highest BCUT2D eigenvalue weighted by molar-refractivity contribution is 9.11. The van der Waals surface area contributed by atoms with Gasteiger partial charge in [-0.2, -0.15) is 0 Å². The number of esters is 1. The molecule has 3 aromatic carbocycles. The number of nitrogens with one attached hydrogen (secondary N) is 1. The fourth-order valence-electron chi connectivity index (χ4n) is 3.53. The van der Waals surface area contributed by atoms with Crippen LogP contribution in [0.2, 0.25) is 5.02 Å². The van der Waals surface area contributed by atoms with Crippen LogP contribution >= 0.6 is 43.5 Å². The number of urea groups is 1. The van der Waals surface area contributed by atoms with Crippen LogP contribution in [0.5, 0.6) is 5.75 Å². The summed E-state index contributed by atoms with van der Waals surface area (Å²) in [6.07, 6.45) is 1.35. The molecule has 37 heavy (non-hydrogen) atoms. The lowest BCUT2D eigenvalue weighted by atomic mass is 10.1. The molecule has 4 rings (SSSR count). The number of hydrogen-bond acceptors (Lipinski definition) is 6. The smallest absolute Gasteiger partial charge is 0.337 e. The van der Waals surface area contributed by atoms with Gasteiger partial charge in [0.1, 0.15) is 17.9 Å². The summed E-state index contributed by atoms with van der Waals surface area (Å²) in [7, 11) is 1.24. The van der Waals surface area contributed by atoms with Crippen LogP contribution < -0.4 is 15.0 Å². The van der Waals surface area contributed by atoms with Crippen molar-refractivity contribution in [2.24, 2.45) is 0 Å². The number of imide groups is 2. The molecule has 0 bridgehead atoms. The average Bonchev–Trinajstić information content (AvgIpc) is 2.85. The van der Waals surface area contributed by atoms with Gasteiger partial charge in [0, 0.05) is 15.1 Å². The number of hydrogen-bond donors (Lipinski definition) is 1. The number of carbonyl (C=O) groups is 4. The maximum Gasteiger partial charge on any atom is 0.337 e. The third-order valence-electron chi connectivity index (χ3n) is 5.26. The summed E-state index contributed by atoms with van der Waals surface area (Å²) < 4.78 is 11.9. The Labute approximate surface area is 233 Å². The molecule has 3 aromatic rings. The molecule has 1 saturated heterocycles. The van der Waals surface area contributed by atoms with Gasteiger partial charge in [-0.1, -0.05) is 39.7 Å². The van der Waals surface area contributed by atoms with Crippen molar-refractivity contribution in [2.75, 3.05) is 12.0 Å². The van der Waals surface area contributed by atoms with E-state index in [-0.39, 0.29) is 23.4 Å². The summed E-state index contributed by atoms with van der Waals surface area (Å²) in [5.74, 6) is -1.88. The number of anilines is 1. The Bertz CT molecular complexity index is 1460. The summed E-state index contributed by atoms with van der Waals surface area (Å²) >= 11 is 12.9. The standard InChI is InChI=1S/C26H17Br2ClN2O6/c1-36-25(34)15-5-7-19(8-6-15)31-24(33)20(23(32)30-26(31)35)11-16-10-17(27)12-21(28)22(16)37-13-14-3-2-4-18(29)9-14/h2-12H,13H2,1H3,(H,30,32,35)/b20-11+. The number of halogens is 3. The van der Waals surface area contributed by atoms with Crippen LogP contribution in [0.3, 0.4) is 0 Å². The third-order valence-corrected chi connectivity index (χ3v) is 6.54. The third kappa shape index (κ3) is 5.93. The minimum Gasteiger partial charge on any atom is -0.487 e. The Morgan fingerprint density at radius 2 is 1.78 bits per heavy atom. The van der Waals surface area contributed by atoms with Crippen molar-refractivity contribution in [3.8, 4) is 5.75 Å². The maximum absolute atomic E-state index is 13.3. The van der Waals surface area contributed by atoms with Crippen LogP contribution in [0, 0.1) is 0 Å². The summed E-state index contributed by atoms with van der Waals surface area (Å²) in [5.41, 5.74) is 1.36. The van der Waals surface area contributed by atoms with Crippen molar-refractivity contribution in [1.82, 2.24) is 5.32 Å². The molecular formula is C26H17Br2ClN2O6. The molecule has 0 saturated carbocycles. The van der Waals surface area contributed by atoms with Gasteiger partial charge in [-0.25, -0.2) is 14.5 Å². The highest BCUT2D eigenvalue weighted by Gasteiger charge is 2.37. The fraction of sp³-hybridized carbons (Fsp3) is 0.0769. The first-order valence-electron chi connectivity index (χ1n) is 10.6. The van der Waals surface area contributed by atoms with E-state index in [9.17, 15) is 19.2 Å². The number of benzene rings is 3. The van der Waals surface area contributed by atoms with E-state index in [0.29, 0.717) is 25.3 Å². The molecule has 1 aliphatic rings. The van der Waals surface area contributed by atoms with Crippen molar-refractivity contribution in [3.63, 3.8) is 0 Å². The number of rotatable bonds is 6. The first-order chi connectivity index (χ1) is 17.7. The quantitative estimate of drug-likeness (QED) is 0.203. The van der Waals surface area contributed by atoms with Crippen molar-refractivity contribution in [3.05, 3.63) is 96.9 Å². The second kappa shape index (κ2) is 11.3. The molecule has 1 fully saturated rings. The molecule has 0 aromatic heterocycles. The first kappa shape index (κ1) is 26.6. The van der Waals surface area contributed by atoms with E-state index in [1.807, 2.05) is 6.07 Å². The molecule has 1 heterocycles. The van der Waals surface area contributed by atoms with Crippen LogP contribution in [0.15, 0.2) is 75.2 Å². The van der Waals surface area contributed by atoms with E-state index in [1.54, 1.807) is 30.3 Å². The number of ether oxygens (including phenoxy) is 2. The SMILES string of the molecule is COC(=O)c1ccc(N2C(=O)NC(=O)/C(=C\c3cc(Br)cc(Br)c3OCc3cccc(Cl)c3)C2=O)cc1. The van der Waals surface area contributed by atoms with E-state index in [2.05, 4.69) is 41.9 Å². The Kier molecular flexibility index (Phi) is 8.11. The molecule has 0 spiro atoms. The summed E-state index contributed by atoms with van der Waals surface area (Å²) in [6, 6.07) is 15.3. The topological polar surface area (TPSA) is 102 Å². The monoisotopic (exact) mass is 646 g/mol. The lowest BCUT2D eigenvalue weighted by molar-refractivity contribution is -0.122. The van der Waals surface area contributed by atoms with Gasteiger partial charge in [0.25, 0.3) is 11.8 Å². The minimum atomic E-state index is -0.911. The first-order valence-corrected chi connectivity index (χ1v) is 12.6. The zero-order chi connectivity index (χ0) is 26.7. The van der Waals surface area contributed by atoms with E-state index in [1.165, 1.54) is 37.5 Å². The minimum absolute atomic E-state index is 0.168. The maximum atomic E-state index is 13.3. The molecule has 188 valence electrons. The van der Waals surface area contributed by atoms with Crippen LogP contribution in [0.1, 0.15) is 21.5 Å².